The molecule has 2 amide bonds. The third kappa shape index (κ3) is 4.15. The number of hydrogen-bond acceptors (Lipinski definition) is 6. The summed E-state index contributed by atoms with van der Waals surface area (Å²) in [6, 6.07) is 5.23. The van der Waals surface area contributed by atoms with Crippen LogP contribution in [0.2, 0.25) is 0 Å². The Labute approximate surface area is 158 Å². The lowest BCUT2D eigenvalue weighted by atomic mass is 9.97. The van der Waals surface area contributed by atoms with Gasteiger partial charge in [-0.15, -0.1) is 10.2 Å². The van der Waals surface area contributed by atoms with Crippen molar-refractivity contribution in [3.8, 4) is 11.5 Å². The van der Waals surface area contributed by atoms with Gasteiger partial charge in [-0.25, -0.2) is 4.79 Å². The highest BCUT2D eigenvalue weighted by Gasteiger charge is 2.28. The van der Waals surface area contributed by atoms with Crippen LogP contribution in [0.25, 0.3) is 0 Å². The van der Waals surface area contributed by atoms with Crippen LogP contribution in [0, 0.1) is 0 Å². The first-order valence-corrected chi connectivity index (χ1v) is 9.13. The van der Waals surface area contributed by atoms with Crippen molar-refractivity contribution in [2.24, 2.45) is 0 Å². The molecule has 3 rings (SSSR count). The molecule has 0 spiro atoms. The Morgan fingerprint density at radius 3 is 2.56 bits per heavy atom. The highest BCUT2D eigenvalue weighted by Crippen LogP contribution is 2.35. The van der Waals surface area contributed by atoms with E-state index >= 15 is 0 Å². The molecule has 1 saturated heterocycles. The third-order valence-electron chi connectivity index (χ3n) is 4.73. The van der Waals surface area contributed by atoms with E-state index in [0.717, 1.165) is 12.8 Å². The third-order valence-corrected chi connectivity index (χ3v) is 4.73. The van der Waals surface area contributed by atoms with E-state index in [4.69, 9.17) is 13.9 Å². The second-order valence-electron chi connectivity index (χ2n) is 6.87. The van der Waals surface area contributed by atoms with Crippen molar-refractivity contribution in [1.29, 1.82) is 0 Å². The Bertz CT molecular complexity index is 782. The summed E-state index contributed by atoms with van der Waals surface area (Å²) in [6.07, 6.45) is 1.59. The number of para-hydroxylation sites is 1. The number of hydrogen-bond donors (Lipinski definition) is 1. The van der Waals surface area contributed by atoms with E-state index in [0.29, 0.717) is 42.1 Å². The second-order valence-corrected chi connectivity index (χ2v) is 6.87. The van der Waals surface area contributed by atoms with Gasteiger partial charge in [0.1, 0.15) is 0 Å². The number of carbonyl (C=O) groups excluding carboxylic acids is 1. The zero-order valence-corrected chi connectivity index (χ0v) is 16.2. The highest BCUT2D eigenvalue weighted by atomic mass is 16.5. The zero-order valence-electron chi connectivity index (χ0n) is 16.2. The Morgan fingerprint density at radius 1 is 1.22 bits per heavy atom. The maximum absolute atomic E-state index is 12.6. The molecule has 0 bridgehead atoms. The summed E-state index contributed by atoms with van der Waals surface area (Å²) >= 11 is 0. The van der Waals surface area contributed by atoms with Gasteiger partial charge in [0.2, 0.25) is 11.8 Å². The van der Waals surface area contributed by atoms with Gasteiger partial charge in [-0.3, -0.25) is 0 Å². The molecule has 1 aliphatic rings. The lowest BCUT2D eigenvalue weighted by Crippen LogP contribution is -2.40. The number of anilines is 1. The van der Waals surface area contributed by atoms with Gasteiger partial charge in [0.05, 0.1) is 19.9 Å². The predicted octanol–water partition coefficient (Wildman–Crippen LogP) is 3.62. The Hall–Kier alpha value is -2.77. The minimum atomic E-state index is -0.159. The van der Waals surface area contributed by atoms with Crippen LogP contribution in [-0.4, -0.2) is 48.4 Å². The maximum atomic E-state index is 12.6. The number of nitrogens with zero attached hydrogens (tertiary/aromatic N) is 3. The molecule has 8 nitrogen and oxygen atoms in total. The Balaban J connectivity index is 1.60. The second kappa shape index (κ2) is 8.28. The number of carbonyl (C=O) groups is 1. The van der Waals surface area contributed by atoms with E-state index in [2.05, 4.69) is 15.5 Å². The van der Waals surface area contributed by atoms with E-state index in [1.807, 2.05) is 19.9 Å². The van der Waals surface area contributed by atoms with Gasteiger partial charge in [-0.1, -0.05) is 19.9 Å². The lowest BCUT2D eigenvalue weighted by Gasteiger charge is -2.30. The van der Waals surface area contributed by atoms with Gasteiger partial charge in [0.15, 0.2) is 11.5 Å². The van der Waals surface area contributed by atoms with E-state index in [9.17, 15) is 4.79 Å². The summed E-state index contributed by atoms with van der Waals surface area (Å²) in [5.41, 5.74) is 0.586. The van der Waals surface area contributed by atoms with E-state index in [-0.39, 0.29) is 17.9 Å². The van der Waals surface area contributed by atoms with Gasteiger partial charge in [-0.2, -0.15) is 0 Å². The molecular weight excluding hydrogens is 348 g/mol. The first kappa shape index (κ1) is 19.0. The van der Waals surface area contributed by atoms with Crippen molar-refractivity contribution in [2.75, 3.05) is 32.6 Å². The van der Waals surface area contributed by atoms with E-state index < -0.39 is 0 Å². The minimum absolute atomic E-state index is 0.159. The summed E-state index contributed by atoms with van der Waals surface area (Å²) < 4.78 is 16.4. The maximum Gasteiger partial charge on any atom is 0.321 e. The zero-order chi connectivity index (χ0) is 19.4. The molecule has 1 fully saturated rings. The smallest absolute Gasteiger partial charge is 0.321 e. The van der Waals surface area contributed by atoms with Crippen LogP contribution >= 0.6 is 0 Å². The largest absolute Gasteiger partial charge is 0.493 e. The number of piperidine rings is 1. The average molecular weight is 374 g/mol. The van der Waals surface area contributed by atoms with Crippen LogP contribution < -0.4 is 14.8 Å². The number of likely N-dealkylation sites (tertiary alicyclic amines) is 1. The molecule has 0 unspecified atom stereocenters. The number of benzene rings is 1. The van der Waals surface area contributed by atoms with Crippen LogP contribution in [0.1, 0.15) is 50.3 Å². The van der Waals surface area contributed by atoms with Crippen LogP contribution in [0.15, 0.2) is 22.6 Å². The van der Waals surface area contributed by atoms with Crippen molar-refractivity contribution in [3.63, 3.8) is 0 Å². The van der Waals surface area contributed by atoms with Crippen molar-refractivity contribution >= 4 is 11.7 Å². The van der Waals surface area contributed by atoms with Gasteiger partial charge in [0.25, 0.3) is 0 Å². The number of methoxy groups -OCH3 is 2. The number of ether oxygens (including phenoxy) is 2. The van der Waals surface area contributed by atoms with Crippen LogP contribution in [0.5, 0.6) is 11.5 Å². The topological polar surface area (TPSA) is 89.7 Å². The summed E-state index contributed by atoms with van der Waals surface area (Å²) in [4.78, 5) is 14.4. The molecule has 1 N–H and O–H groups in total. The average Bonchev–Trinajstić information content (AvgIpc) is 3.18. The van der Waals surface area contributed by atoms with Crippen LogP contribution in [0.3, 0.4) is 0 Å². The summed E-state index contributed by atoms with van der Waals surface area (Å²) in [5.74, 6) is 2.83. The van der Waals surface area contributed by atoms with Gasteiger partial charge >= 0.3 is 6.03 Å². The lowest BCUT2D eigenvalue weighted by molar-refractivity contribution is 0.189. The molecule has 2 heterocycles. The quantitative estimate of drug-likeness (QED) is 0.860. The summed E-state index contributed by atoms with van der Waals surface area (Å²) in [5, 5.41) is 11.2. The monoisotopic (exact) mass is 374 g/mol. The molecule has 0 atom stereocenters. The van der Waals surface area contributed by atoms with E-state index in [1.54, 1.807) is 31.3 Å². The molecule has 1 aliphatic heterocycles. The molecular formula is C19H26N4O4. The van der Waals surface area contributed by atoms with Crippen LogP contribution in [0.4, 0.5) is 10.5 Å². The normalized spacial score (nSPS) is 15.1. The van der Waals surface area contributed by atoms with Crippen molar-refractivity contribution < 1.29 is 18.7 Å². The predicted molar refractivity (Wildman–Crippen MR) is 100 cm³/mol. The fraction of sp³-hybridized carbons (Fsp3) is 0.526. The van der Waals surface area contributed by atoms with Gasteiger partial charge in [0, 0.05) is 24.9 Å². The molecule has 0 aliphatic carbocycles. The van der Waals surface area contributed by atoms with Crippen molar-refractivity contribution in [2.45, 2.75) is 38.5 Å². The number of rotatable bonds is 5. The molecule has 1 aromatic heterocycles. The number of aromatic nitrogens is 2. The Kier molecular flexibility index (Phi) is 5.83. The molecule has 1 aromatic carbocycles. The number of urea groups is 1. The molecule has 0 saturated carbocycles. The molecule has 27 heavy (non-hydrogen) atoms. The fourth-order valence-electron chi connectivity index (χ4n) is 3.15. The molecule has 2 aromatic rings. The van der Waals surface area contributed by atoms with Crippen molar-refractivity contribution in [3.05, 3.63) is 30.0 Å². The Morgan fingerprint density at radius 2 is 1.96 bits per heavy atom. The first-order valence-electron chi connectivity index (χ1n) is 9.13. The standard InChI is InChI=1S/C19H26N4O4/c1-12(2)17-21-22-18(27-17)13-8-10-23(11-9-13)19(24)20-14-6-5-7-15(25-3)16(14)26-4/h5-7,12-13H,8-11H2,1-4H3,(H,20,24). The molecule has 0 radical (unpaired) electrons. The highest BCUT2D eigenvalue weighted by molar-refractivity contribution is 5.91. The number of nitrogens with one attached hydrogen (secondary N) is 1. The van der Waals surface area contributed by atoms with Gasteiger partial charge < -0.3 is 24.1 Å². The SMILES string of the molecule is COc1cccc(NC(=O)N2CCC(c3nnc(C(C)C)o3)CC2)c1OC. The van der Waals surface area contributed by atoms with Crippen molar-refractivity contribution in [1.82, 2.24) is 15.1 Å². The summed E-state index contributed by atoms with van der Waals surface area (Å²) in [6.45, 7) is 5.30. The summed E-state index contributed by atoms with van der Waals surface area (Å²) in [7, 11) is 3.12. The van der Waals surface area contributed by atoms with Gasteiger partial charge in [-0.05, 0) is 25.0 Å². The molecule has 146 valence electrons. The molecule has 8 heteroatoms. The van der Waals surface area contributed by atoms with E-state index in [1.165, 1.54) is 0 Å². The first-order chi connectivity index (χ1) is 13.0. The number of amides is 2. The van der Waals surface area contributed by atoms with Crippen LogP contribution in [-0.2, 0) is 0 Å². The fourth-order valence-corrected chi connectivity index (χ4v) is 3.15. The minimum Gasteiger partial charge on any atom is -0.493 e.